The standard InChI is InChI=1S/C25H30N6O2S/c1-5-21(30(3)4)24-27-28-25(31(24)16-18-10-8-7-9-11-18)34-17-22-26-23(29-33-22)19-12-14-20(15-13-19)32-6-2/h7-15,21H,5-6,16-17H2,1-4H3. The Morgan fingerprint density at radius 3 is 2.47 bits per heavy atom. The Balaban J connectivity index is 1.52. The molecule has 34 heavy (non-hydrogen) atoms. The van der Waals surface area contributed by atoms with Gasteiger partial charge < -0.3 is 13.8 Å². The minimum Gasteiger partial charge on any atom is -0.494 e. The molecule has 0 aliphatic carbocycles. The number of aromatic nitrogens is 5. The quantitative estimate of drug-likeness (QED) is 0.276. The van der Waals surface area contributed by atoms with Crippen LogP contribution in [0.5, 0.6) is 5.75 Å². The van der Waals surface area contributed by atoms with Gasteiger partial charge in [0.1, 0.15) is 5.75 Å². The van der Waals surface area contributed by atoms with Crippen LogP contribution in [0.1, 0.15) is 43.6 Å². The molecule has 0 spiro atoms. The van der Waals surface area contributed by atoms with Crippen molar-refractivity contribution in [2.45, 2.75) is 43.8 Å². The van der Waals surface area contributed by atoms with E-state index in [1.54, 1.807) is 11.8 Å². The molecule has 0 aliphatic heterocycles. The molecule has 0 saturated carbocycles. The van der Waals surface area contributed by atoms with Gasteiger partial charge in [-0.1, -0.05) is 54.2 Å². The third kappa shape index (κ3) is 5.66. The van der Waals surface area contributed by atoms with Crippen molar-refractivity contribution in [2.75, 3.05) is 20.7 Å². The van der Waals surface area contributed by atoms with Gasteiger partial charge >= 0.3 is 0 Å². The molecule has 1 unspecified atom stereocenters. The highest BCUT2D eigenvalue weighted by Crippen LogP contribution is 2.28. The van der Waals surface area contributed by atoms with Crippen LogP contribution in [0.15, 0.2) is 64.3 Å². The summed E-state index contributed by atoms with van der Waals surface area (Å²) in [7, 11) is 4.15. The highest BCUT2D eigenvalue weighted by atomic mass is 32.2. The van der Waals surface area contributed by atoms with Gasteiger partial charge in [0.05, 0.1) is 24.9 Å². The molecule has 9 heteroatoms. The van der Waals surface area contributed by atoms with Crippen LogP contribution in [-0.4, -0.2) is 50.5 Å². The summed E-state index contributed by atoms with van der Waals surface area (Å²) in [6, 6.07) is 18.2. The number of benzene rings is 2. The van der Waals surface area contributed by atoms with E-state index < -0.39 is 0 Å². The lowest BCUT2D eigenvalue weighted by Gasteiger charge is -2.23. The van der Waals surface area contributed by atoms with E-state index in [-0.39, 0.29) is 6.04 Å². The molecule has 0 radical (unpaired) electrons. The Labute approximate surface area is 204 Å². The number of hydrogen-bond donors (Lipinski definition) is 0. The first-order valence-corrected chi connectivity index (χ1v) is 12.4. The highest BCUT2D eigenvalue weighted by Gasteiger charge is 2.23. The van der Waals surface area contributed by atoms with Crippen LogP contribution in [0.3, 0.4) is 0 Å². The summed E-state index contributed by atoms with van der Waals surface area (Å²) in [5, 5.41) is 14.1. The highest BCUT2D eigenvalue weighted by molar-refractivity contribution is 7.98. The third-order valence-corrected chi connectivity index (χ3v) is 6.40. The van der Waals surface area contributed by atoms with Gasteiger partial charge in [-0.2, -0.15) is 4.98 Å². The van der Waals surface area contributed by atoms with Crippen molar-refractivity contribution in [1.82, 2.24) is 29.8 Å². The smallest absolute Gasteiger partial charge is 0.237 e. The van der Waals surface area contributed by atoms with Crippen molar-refractivity contribution in [3.63, 3.8) is 0 Å². The molecule has 2 heterocycles. The Bertz CT molecular complexity index is 1170. The molecule has 1 atom stereocenters. The van der Waals surface area contributed by atoms with E-state index in [0.29, 0.717) is 30.6 Å². The van der Waals surface area contributed by atoms with E-state index in [4.69, 9.17) is 9.26 Å². The van der Waals surface area contributed by atoms with Gasteiger partial charge in [0.2, 0.25) is 11.7 Å². The lowest BCUT2D eigenvalue weighted by Crippen LogP contribution is -2.23. The van der Waals surface area contributed by atoms with E-state index in [0.717, 1.165) is 28.7 Å². The summed E-state index contributed by atoms with van der Waals surface area (Å²) in [5.41, 5.74) is 2.09. The van der Waals surface area contributed by atoms with Crippen molar-refractivity contribution in [2.24, 2.45) is 0 Å². The van der Waals surface area contributed by atoms with Gasteiger partial charge in [0.15, 0.2) is 11.0 Å². The first-order valence-electron chi connectivity index (χ1n) is 11.4. The van der Waals surface area contributed by atoms with Crippen molar-refractivity contribution < 1.29 is 9.26 Å². The monoisotopic (exact) mass is 478 g/mol. The molecular formula is C25H30N6O2S. The maximum absolute atomic E-state index is 5.51. The van der Waals surface area contributed by atoms with Crippen LogP contribution in [0.25, 0.3) is 11.4 Å². The van der Waals surface area contributed by atoms with Crippen molar-refractivity contribution >= 4 is 11.8 Å². The van der Waals surface area contributed by atoms with E-state index in [2.05, 4.69) is 75.1 Å². The summed E-state index contributed by atoms with van der Waals surface area (Å²) < 4.78 is 13.2. The van der Waals surface area contributed by atoms with Gasteiger partial charge in [0.25, 0.3) is 0 Å². The van der Waals surface area contributed by atoms with Crippen LogP contribution in [0.4, 0.5) is 0 Å². The maximum atomic E-state index is 5.51. The number of thioether (sulfide) groups is 1. The largest absolute Gasteiger partial charge is 0.494 e. The minimum absolute atomic E-state index is 0.181. The Morgan fingerprint density at radius 1 is 1.03 bits per heavy atom. The fourth-order valence-corrected chi connectivity index (χ4v) is 4.55. The molecule has 4 rings (SSSR count). The van der Waals surface area contributed by atoms with E-state index in [9.17, 15) is 0 Å². The summed E-state index contributed by atoms with van der Waals surface area (Å²) in [4.78, 5) is 6.75. The summed E-state index contributed by atoms with van der Waals surface area (Å²) in [6.07, 6.45) is 0.944. The predicted molar refractivity (Wildman–Crippen MR) is 133 cm³/mol. The molecule has 2 aromatic carbocycles. The summed E-state index contributed by atoms with van der Waals surface area (Å²) in [6.45, 7) is 5.47. The van der Waals surface area contributed by atoms with Gasteiger partial charge in [-0.05, 0) is 57.3 Å². The van der Waals surface area contributed by atoms with E-state index in [1.807, 2.05) is 37.3 Å². The number of hydrogen-bond acceptors (Lipinski definition) is 8. The first kappa shape index (κ1) is 24.0. The van der Waals surface area contributed by atoms with Crippen molar-refractivity contribution in [3.8, 4) is 17.1 Å². The van der Waals surface area contributed by atoms with E-state index >= 15 is 0 Å². The Kier molecular flexibility index (Phi) is 7.97. The van der Waals surface area contributed by atoms with Crippen molar-refractivity contribution in [1.29, 1.82) is 0 Å². The molecule has 4 aromatic rings. The Hall–Kier alpha value is -3.17. The fraction of sp³-hybridized carbons (Fsp3) is 0.360. The SMILES string of the molecule is CCOc1ccc(-c2noc(CSc3nnc(C(CC)N(C)C)n3Cc3ccccc3)n2)cc1. The molecule has 0 N–H and O–H groups in total. The molecule has 178 valence electrons. The van der Waals surface area contributed by atoms with Crippen LogP contribution >= 0.6 is 11.8 Å². The summed E-state index contributed by atoms with van der Waals surface area (Å²) in [5.74, 6) is 3.39. The second-order valence-corrected chi connectivity index (χ2v) is 9.00. The predicted octanol–water partition coefficient (Wildman–Crippen LogP) is 5.08. The molecule has 0 saturated heterocycles. The number of rotatable bonds is 11. The normalized spacial score (nSPS) is 12.3. The van der Waals surface area contributed by atoms with Gasteiger partial charge in [-0.3, -0.25) is 4.90 Å². The Morgan fingerprint density at radius 2 is 1.79 bits per heavy atom. The second kappa shape index (κ2) is 11.3. The topological polar surface area (TPSA) is 82.1 Å². The molecule has 0 fully saturated rings. The van der Waals surface area contributed by atoms with Gasteiger partial charge in [-0.15, -0.1) is 10.2 Å². The zero-order valence-electron chi connectivity index (χ0n) is 20.0. The molecule has 0 amide bonds. The number of nitrogens with zero attached hydrogens (tertiary/aromatic N) is 6. The van der Waals surface area contributed by atoms with E-state index in [1.165, 1.54) is 5.56 Å². The van der Waals surface area contributed by atoms with Gasteiger partial charge in [0, 0.05) is 5.56 Å². The van der Waals surface area contributed by atoms with Crippen molar-refractivity contribution in [3.05, 3.63) is 71.9 Å². The van der Waals surface area contributed by atoms with Crippen LogP contribution < -0.4 is 4.74 Å². The number of ether oxygens (including phenoxy) is 1. The molecular weight excluding hydrogens is 448 g/mol. The van der Waals surface area contributed by atoms with Crippen LogP contribution in [-0.2, 0) is 12.3 Å². The second-order valence-electron chi connectivity index (χ2n) is 8.06. The zero-order valence-corrected chi connectivity index (χ0v) is 20.8. The average molecular weight is 479 g/mol. The zero-order chi connectivity index (χ0) is 23.9. The lowest BCUT2D eigenvalue weighted by molar-refractivity contribution is 0.272. The van der Waals surface area contributed by atoms with Gasteiger partial charge in [-0.25, -0.2) is 0 Å². The maximum Gasteiger partial charge on any atom is 0.237 e. The molecule has 8 nitrogen and oxygen atoms in total. The summed E-state index contributed by atoms with van der Waals surface area (Å²) >= 11 is 1.55. The van der Waals surface area contributed by atoms with Crippen LogP contribution in [0, 0.1) is 0 Å². The average Bonchev–Trinajstić information content (AvgIpc) is 3.47. The van der Waals surface area contributed by atoms with Crippen LogP contribution in [0.2, 0.25) is 0 Å². The molecule has 0 bridgehead atoms. The minimum atomic E-state index is 0.181. The third-order valence-electron chi connectivity index (χ3n) is 5.45. The molecule has 0 aliphatic rings. The fourth-order valence-electron chi connectivity index (χ4n) is 3.77. The lowest BCUT2D eigenvalue weighted by atomic mass is 10.2. The molecule has 2 aromatic heterocycles. The first-order chi connectivity index (χ1) is 16.6.